The average molecular weight is 258 g/mol. The van der Waals surface area contributed by atoms with Crippen LogP contribution in [0, 0.1) is 0 Å². The molecule has 3 rings (SSSR count). The topological polar surface area (TPSA) is 36.0 Å². The van der Waals surface area contributed by atoms with Gasteiger partial charge in [-0.05, 0) is 35.2 Å². The Hall–Kier alpha value is -1.77. The van der Waals surface area contributed by atoms with Crippen molar-refractivity contribution in [2.75, 3.05) is 0 Å². The number of benzene rings is 2. The van der Waals surface area contributed by atoms with Crippen LogP contribution in [0.4, 0.5) is 0 Å². The fraction of sp³-hybridized carbons (Fsp3) is 0.0667. The van der Waals surface area contributed by atoms with Crippen molar-refractivity contribution in [1.29, 1.82) is 0 Å². The molecule has 0 amide bonds. The molecule has 0 bridgehead atoms. The highest BCUT2D eigenvalue weighted by molar-refractivity contribution is 6.31. The summed E-state index contributed by atoms with van der Waals surface area (Å²) in [5.41, 5.74) is 2.63. The maximum Gasteiger partial charge on any atom is 0.106 e. The van der Waals surface area contributed by atoms with Gasteiger partial charge in [-0.15, -0.1) is 0 Å². The predicted molar refractivity (Wildman–Crippen MR) is 73.8 cm³/mol. The standard InChI is InChI=1S/C15H12ClNO/c16-13-4-2-1-3-12(13)15(18)11-5-6-14-10(9-11)7-8-17-14/h1-9,15,17-18H. The van der Waals surface area contributed by atoms with Crippen LogP contribution in [-0.4, -0.2) is 10.1 Å². The molecule has 1 heterocycles. The first-order chi connectivity index (χ1) is 8.75. The van der Waals surface area contributed by atoms with E-state index in [9.17, 15) is 5.11 Å². The number of H-pyrrole nitrogens is 1. The minimum absolute atomic E-state index is 0.583. The molecule has 0 aliphatic heterocycles. The van der Waals surface area contributed by atoms with Crippen LogP contribution in [0.2, 0.25) is 5.02 Å². The number of hydrogen-bond donors (Lipinski definition) is 2. The summed E-state index contributed by atoms with van der Waals surface area (Å²) in [6, 6.07) is 15.2. The van der Waals surface area contributed by atoms with Crippen molar-refractivity contribution in [3.8, 4) is 0 Å². The first-order valence-corrected chi connectivity index (χ1v) is 6.13. The minimum Gasteiger partial charge on any atom is -0.384 e. The van der Waals surface area contributed by atoms with Crippen molar-refractivity contribution in [2.45, 2.75) is 6.10 Å². The molecular weight excluding hydrogens is 246 g/mol. The van der Waals surface area contributed by atoms with E-state index < -0.39 is 6.10 Å². The summed E-state index contributed by atoms with van der Waals surface area (Å²) < 4.78 is 0. The molecule has 3 heteroatoms. The molecule has 90 valence electrons. The molecule has 0 radical (unpaired) electrons. The Balaban J connectivity index is 2.06. The lowest BCUT2D eigenvalue weighted by molar-refractivity contribution is 0.220. The van der Waals surface area contributed by atoms with Crippen LogP contribution in [0.1, 0.15) is 17.2 Å². The van der Waals surface area contributed by atoms with Crippen LogP contribution >= 0.6 is 11.6 Å². The van der Waals surface area contributed by atoms with E-state index in [-0.39, 0.29) is 0 Å². The summed E-state index contributed by atoms with van der Waals surface area (Å²) in [6.07, 6.45) is 1.19. The Labute approximate surface area is 110 Å². The monoisotopic (exact) mass is 257 g/mol. The normalized spacial score (nSPS) is 12.8. The van der Waals surface area contributed by atoms with Gasteiger partial charge >= 0.3 is 0 Å². The number of fused-ring (bicyclic) bond motifs is 1. The number of aliphatic hydroxyl groups is 1. The summed E-state index contributed by atoms with van der Waals surface area (Å²) in [5.74, 6) is 0. The zero-order valence-corrected chi connectivity index (χ0v) is 10.4. The molecule has 18 heavy (non-hydrogen) atoms. The number of hydrogen-bond acceptors (Lipinski definition) is 1. The summed E-state index contributed by atoms with van der Waals surface area (Å²) in [7, 11) is 0. The fourth-order valence-corrected chi connectivity index (χ4v) is 2.36. The summed E-state index contributed by atoms with van der Waals surface area (Å²) in [6.45, 7) is 0. The Morgan fingerprint density at radius 2 is 1.89 bits per heavy atom. The summed E-state index contributed by atoms with van der Waals surface area (Å²) in [5, 5.41) is 12.0. The van der Waals surface area contributed by atoms with E-state index in [1.165, 1.54) is 0 Å². The van der Waals surface area contributed by atoms with Gasteiger partial charge < -0.3 is 10.1 Å². The molecule has 1 aromatic heterocycles. The van der Waals surface area contributed by atoms with Crippen molar-refractivity contribution in [1.82, 2.24) is 4.98 Å². The van der Waals surface area contributed by atoms with E-state index >= 15 is 0 Å². The van der Waals surface area contributed by atoms with Gasteiger partial charge in [-0.3, -0.25) is 0 Å². The number of rotatable bonds is 2. The third-order valence-corrected chi connectivity index (χ3v) is 3.44. The highest BCUT2D eigenvalue weighted by Crippen LogP contribution is 2.29. The summed E-state index contributed by atoms with van der Waals surface area (Å²) in [4.78, 5) is 3.13. The van der Waals surface area contributed by atoms with Gasteiger partial charge in [-0.1, -0.05) is 35.9 Å². The number of halogens is 1. The van der Waals surface area contributed by atoms with E-state index in [2.05, 4.69) is 4.98 Å². The fourth-order valence-electron chi connectivity index (χ4n) is 2.12. The van der Waals surface area contributed by atoms with E-state index in [0.29, 0.717) is 5.02 Å². The first-order valence-electron chi connectivity index (χ1n) is 5.75. The molecule has 1 atom stereocenters. The van der Waals surface area contributed by atoms with Gasteiger partial charge in [0.05, 0.1) is 0 Å². The molecule has 0 aliphatic rings. The van der Waals surface area contributed by atoms with Gasteiger partial charge in [-0.25, -0.2) is 0 Å². The van der Waals surface area contributed by atoms with E-state index in [0.717, 1.165) is 22.0 Å². The molecule has 2 N–H and O–H groups in total. The van der Waals surface area contributed by atoms with E-state index in [4.69, 9.17) is 11.6 Å². The molecule has 0 aliphatic carbocycles. The number of nitrogens with one attached hydrogen (secondary N) is 1. The molecule has 0 fully saturated rings. The summed E-state index contributed by atoms with van der Waals surface area (Å²) >= 11 is 6.10. The lowest BCUT2D eigenvalue weighted by Gasteiger charge is -2.13. The van der Waals surface area contributed by atoms with E-state index in [1.54, 1.807) is 6.07 Å². The van der Waals surface area contributed by atoms with Crippen LogP contribution in [0.3, 0.4) is 0 Å². The Kier molecular flexibility index (Phi) is 2.82. The maximum atomic E-state index is 10.4. The number of aromatic amines is 1. The SMILES string of the molecule is OC(c1ccc2[nH]ccc2c1)c1ccccc1Cl. The van der Waals surface area contributed by atoms with Crippen molar-refractivity contribution >= 4 is 22.5 Å². The zero-order valence-electron chi connectivity index (χ0n) is 9.60. The average Bonchev–Trinajstić information content (AvgIpc) is 2.85. The Morgan fingerprint density at radius 1 is 1.06 bits per heavy atom. The first kappa shape index (κ1) is 11.3. The molecule has 0 saturated carbocycles. The lowest BCUT2D eigenvalue weighted by Crippen LogP contribution is -2.00. The highest BCUT2D eigenvalue weighted by atomic mass is 35.5. The molecular formula is C15H12ClNO. The van der Waals surface area contributed by atoms with Crippen LogP contribution in [-0.2, 0) is 0 Å². The van der Waals surface area contributed by atoms with Crippen LogP contribution < -0.4 is 0 Å². The molecule has 0 saturated heterocycles. The minimum atomic E-state index is -0.696. The Morgan fingerprint density at radius 3 is 2.72 bits per heavy atom. The second-order valence-electron chi connectivity index (χ2n) is 4.25. The van der Waals surface area contributed by atoms with Gasteiger partial charge in [0.25, 0.3) is 0 Å². The molecule has 2 aromatic carbocycles. The van der Waals surface area contributed by atoms with Gasteiger partial charge in [0, 0.05) is 22.3 Å². The maximum absolute atomic E-state index is 10.4. The second kappa shape index (κ2) is 4.48. The third kappa shape index (κ3) is 1.90. The van der Waals surface area contributed by atoms with Crippen LogP contribution in [0.25, 0.3) is 10.9 Å². The molecule has 3 aromatic rings. The Bertz CT molecular complexity index is 690. The van der Waals surface area contributed by atoms with E-state index in [1.807, 2.05) is 48.7 Å². The largest absolute Gasteiger partial charge is 0.384 e. The highest BCUT2D eigenvalue weighted by Gasteiger charge is 2.13. The van der Waals surface area contributed by atoms with Gasteiger partial charge in [0.1, 0.15) is 6.10 Å². The van der Waals surface area contributed by atoms with Crippen molar-refractivity contribution in [2.24, 2.45) is 0 Å². The third-order valence-electron chi connectivity index (χ3n) is 3.09. The molecule has 2 nitrogen and oxygen atoms in total. The van der Waals surface area contributed by atoms with Crippen molar-refractivity contribution in [3.05, 3.63) is 70.9 Å². The van der Waals surface area contributed by atoms with Crippen LogP contribution in [0.5, 0.6) is 0 Å². The smallest absolute Gasteiger partial charge is 0.106 e. The quantitative estimate of drug-likeness (QED) is 0.718. The van der Waals surface area contributed by atoms with Crippen LogP contribution in [0.15, 0.2) is 54.7 Å². The zero-order chi connectivity index (χ0) is 12.5. The van der Waals surface area contributed by atoms with Crippen molar-refractivity contribution < 1.29 is 5.11 Å². The predicted octanol–water partition coefficient (Wildman–Crippen LogP) is 3.90. The lowest BCUT2D eigenvalue weighted by atomic mass is 10.0. The number of aliphatic hydroxyl groups excluding tert-OH is 1. The van der Waals surface area contributed by atoms with Gasteiger partial charge in [-0.2, -0.15) is 0 Å². The van der Waals surface area contributed by atoms with Crippen molar-refractivity contribution in [3.63, 3.8) is 0 Å². The second-order valence-corrected chi connectivity index (χ2v) is 4.66. The molecule has 0 spiro atoms. The van der Waals surface area contributed by atoms with Gasteiger partial charge in [0.2, 0.25) is 0 Å². The number of aromatic nitrogens is 1. The van der Waals surface area contributed by atoms with Gasteiger partial charge in [0.15, 0.2) is 0 Å². The molecule has 1 unspecified atom stereocenters.